The van der Waals surface area contributed by atoms with Gasteiger partial charge in [0.25, 0.3) is 0 Å². The van der Waals surface area contributed by atoms with E-state index in [1.807, 2.05) is 0 Å². The molecule has 0 saturated heterocycles. The molecule has 1 N–H and O–H groups in total. The van der Waals surface area contributed by atoms with E-state index < -0.39 is 6.10 Å². The van der Waals surface area contributed by atoms with Gasteiger partial charge in [0.15, 0.2) is 5.78 Å². The van der Waals surface area contributed by atoms with Crippen LogP contribution in [-0.4, -0.2) is 17.0 Å². The predicted molar refractivity (Wildman–Crippen MR) is 38.5 cm³/mol. The maximum absolute atomic E-state index is 11.0. The average Bonchev–Trinajstić information content (AvgIpc) is 1.82. The van der Waals surface area contributed by atoms with Crippen LogP contribution < -0.4 is 0 Å². The normalized spacial score (nSPS) is 20.5. The maximum Gasteiger partial charge on any atom is 0.184 e. The summed E-state index contributed by atoms with van der Waals surface area (Å²) in [6.07, 6.45) is 2.53. The van der Waals surface area contributed by atoms with Gasteiger partial charge >= 0.3 is 0 Å². The molecule has 2 nitrogen and oxygen atoms in total. The van der Waals surface area contributed by atoms with Crippen molar-refractivity contribution in [2.75, 3.05) is 0 Å². The Labute approximate surface area is 59.9 Å². The molecule has 0 spiro atoms. The molecule has 0 aromatic heterocycles. The summed E-state index contributed by atoms with van der Waals surface area (Å²) < 4.78 is 0. The van der Waals surface area contributed by atoms with Gasteiger partial charge in [-0.1, -0.05) is 0 Å². The fourth-order valence-electron chi connectivity index (χ4n) is 1.02. The summed E-state index contributed by atoms with van der Waals surface area (Å²) in [7, 11) is 0. The van der Waals surface area contributed by atoms with Gasteiger partial charge in [0.05, 0.1) is 6.10 Å². The Morgan fingerprint density at radius 2 is 1.70 bits per heavy atom. The number of carbonyl (C=O) groups is 1. The molecule has 0 fully saturated rings. The van der Waals surface area contributed by atoms with Crippen molar-refractivity contribution < 1.29 is 9.90 Å². The summed E-state index contributed by atoms with van der Waals surface area (Å²) in [4.78, 5) is 11.0. The van der Waals surface area contributed by atoms with Gasteiger partial charge in [0.2, 0.25) is 0 Å². The largest absolute Gasteiger partial charge is 0.385 e. The predicted octanol–water partition coefficient (Wildman–Crippen LogP) is 0.823. The quantitative estimate of drug-likeness (QED) is 0.538. The zero-order chi connectivity index (χ0) is 7.72. The summed E-state index contributed by atoms with van der Waals surface area (Å²) >= 11 is 0. The molecular weight excluding hydrogens is 128 g/mol. The van der Waals surface area contributed by atoms with Crippen LogP contribution in [0.4, 0.5) is 0 Å². The Morgan fingerprint density at radius 3 is 2.10 bits per heavy atom. The van der Waals surface area contributed by atoms with Crippen LogP contribution in [0, 0.1) is 0 Å². The van der Waals surface area contributed by atoms with Crippen LogP contribution in [0.2, 0.25) is 0 Å². The van der Waals surface area contributed by atoms with Crippen molar-refractivity contribution in [2.24, 2.45) is 0 Å². The Hall–Kier alpha value is -0.890. The van der Waals surface area contributed by atoms with Crippen LogP contribution in [-0.2, 0) is 4.79 Å². The molecule has 0 heterocycles. The first-order chi connectivity index (χ1) is 4.61. The fourth-order valence-corrected chi connectivity index (χ4v) is 1.02. The number of carbonyl (C=O) groups excluding carboxylic acids is 1. The topological polar surface area (TPSA) is 37.3 Å². The summed E-state index contributed by atoms with van der Waals surface area (Å²) in [5.41, 5.74) is 1.26. The lowest BCUT2D eigenvalue weighted by Crippen LogP contribution is -2.13. The Bertz CT molecular complexity index is 201. The molecule has 0 aliphatic heterocycles. The molecular formula is C8H10O2. The van der Waals surface area contributed by atoms with E-state index in [0.29, 0.717) is 11.1 Å². The van der Waals surface area contributed by atoms with Gasteiger partial charge in [-0.15, -0.1) is 0 Å². The van der Waals surface area contributed by atoms with Crippen molar-refractivity contribution in [2.45, 2.75) is 20.0 Å². The lowest BCUT2D eigenvalue weighted by molar-refractivity contribution is -0.112. The third kappa shape index (κ3) is 1.16. The zero-order valence-corrected chi connectivity index (χ0v) is 6.09. The van der Waals surface area contributed by atoms with Gasteiger partial charge in [-0.3, -0.25) is 4.79 Å². The standard InChI is InChI=1S/C8H10O2/c1-5-3-7(9)4-6(2)8(5)10/h3-4,7,9H,1-2H3. The van der Waals surface area contributed by atoms with E-state index in [9.17, 15) is 4.79 Å². The summed E-state index contributed by atoms with van der Waals surface area (Å²) in [6, 6.07) is 0. The molecule has 0 atom stereocenters. The van der Waals surface area contributed by atoms with E-state index in [1.54, 1.807) is 26.0 Å². The number of ketones is 1. The number of rotatable bonds is 0. The van der Waals surface area contributed by atoms with Gasteiger partial charge in [-0.25, -0.2) is 0 Å². The van der Waals surface area contributed by atoms with Crippen molar-refractivity contribution in [3.05, 3.63) is 23.3 Å². The van der Waals surface area contributed by atoms with Gasteiger partial charge in [0, 0.05) is 0 Å². The monoisotopic (exact) mass is 138 g/mol. The summed E-state index contributed by atoms with van der Waals surface area (Å²) in [5.74, 6) is 0.0327. The van der Waals surface area contributed by atoms with Crippen LogP contribution in [0.15, 0.2) is 23.3 Å². The highest BCUT2D eigenvalue weighted by atomic mass is 16.3. The first-order valence-electron chi connectivity index (χ1n) is 3.21. The van der Waals surface area contributed by atoms with Gasteiger partial charge in [-0.2, -0.15) is 0 Å². The van der Waals surface area contributed by atoms with Crippen LogP contribution in [0.3, 0.4) is 0 Å². The van der Waals surface area contributed by atoms with Crippen molar-refractivity contribution >= 4 is 5.78 Å². The number of allylic oxidation sites excluding steroid dienone is 2. The van der Waals surface area contributed by atoms with Gasteiger partial charge in [0.1, 0.15) is 0 Å². The molecule has 0 amide bonds. The zero-order valence-electron chi connectivity index (χ0n) is 6.09. The molecule has 0 radical (unpaired) electrons. The van der Waals surface area contributed by atoms with Gasteiger partial charge in [-0.05, 0) is 37.1 Å². The fraction of sp³-hybridized carbons (Fsp3) is 0.375. The number of hydrogen-bond donors (Lipinski definition) is 1. The number of aliphatic hydroxyl groups is 1. The van der Waals surface area contributed by atoms with Crippen LogP contribution >= 0.6 is 0 Å². The second kappa shape index (κ2) is 2.39. The van der Waals surface area contributed by atoms with Crippen molar-refractivity contribution in [3.8, 4) is 0 Å². The molecule has 0 unspecified atom stereocenters. The summed E-state index contributed by atoms with van der Waals surface area (Å²) in [5, 5.41) is 9.06. The molecule has 1 aliphatic carbocycles. The van der Waals surface area contributed by atoms with E-state index in [-0.39, 0.29) is 5.78 Å². The van der Waals surface area contributed by atoms with E-state index in [2.05, 4.69) is 0 Å². The number of aliphatic hydroxyl groups excluding tert-OH is 1. The molecule has 1 aliphatic rings. The van der Waals surface area contributed by atoms with Crippen LogP contribution in [0.1, 0.15) is 13.8 Å². The third-order valence-corrected chi connectivity index (χ3v) is 1.56. The van der Waals surface area contributed by atoms with E-state index in [0.717, 1.165) is 0 Å². The van der Waals surface area contributed by atoms with E-state index >= 15 is 0 Å². The second-order valence-corrected chi connectivity index (χ2v) is 2.52. The second-order valence-electron chi connectivity index (χ2n) is 2.52. The first-order valence-corrected chi connectivity index (χ1v) is 3.21. The van der Waals surface area contributed by atoms with Crippen molar-refractivity contribution in [1.29, 1.82) is 0 Å². The van der Waals surface area contributed by atoms with E-state index in [4.69, 9.17) is 5.11 Å². The Balaban J connectivity index is 2.94. The molecule has 1 rings (SSSR count). The minimum Gasteiger partial charge on any atom is -0.385 e. The first kappa shape index (κ1) is 7.22. The molecule has 10 heavy (non-hydrogen) atoms. The lowest BCUT2D eigenvalue weighted by Gasteiger charge is -2.10. The molecule has 54 valence electrons. The molecule has 0 aromatic carbocycles. The molecule has 0 aromatic rings. The Morgan fingerprint density at radius 1 is 1.30 bits per heavy atom. The van der Waals surface area contributed by atoms with Crippen molar-refractivity contribution in [3.63, 3.8) is 0 Å². The average molecular weight is 138 g/mol. The van der Waals surface area contributed by atoms with Crippen LogP contribution in [0.5, 0.6) is 0 Å². The molecule has 0 saturated carbocycles. The number of hydrogen-bond acceptors (Lipinski definition) is 2. The minimum atomic E-state index is -0.572. The van der Waals surface area contributed by atoms with E-state index in [1.165, 1.54) is 0 Å². The Kier molecular flexibility index (Phi) is 1.72. The smallest absolute Gasteiger partial charge is 0.184 e. The maximum atomic E-state index is 11.0. The van der Waals surface area contributed by atoms with Crippen LogP contribution in [0.25, 0.3) is 0 Å². The SMILES string of the molecule is CC1=CC(O)C=C(C)C1=O. The highest BCUT2D eigenvalue weighted by molar-refractivity contribution is 6.08. The highest BCUT2D eigenvalue weighted by Crippen LogP contribution is 2.13. The third-order valence-electron chi connectivity index (χ3n) is 1.56. The summed E-state index contributed by atoms with van der Waals surface area (Å²) in [6.45, 7) is 3.42. The molecule has 2 heteroatoms. The highest BCUT2D eigenvalue weighted by Gasteiger charge is 2.14. The minimum absolute atomic E-state index is 0.0327. The van der Waals surface area contributed by atoms with Crippen molar-refractivity contribution in [1.82, 2.24) is 0 Å². The number of Topliss-reactive ketones (excluding diaryl/α,β-unsaturated/α-hetero) is 1. The van der Waals surface area contributed by atoms with Gasteiger partial charge < -0.3 is 5.11 Å². The lowest BCUT2D eigenvalue weighted by atomic mass is 9.98. The molecule has 0 bridgehead atoms.